The molecule has 29 heavy (non-hydrogen) atoms. The molecule has 0 bridgehead atoms. The molecule has 3 heterocycles. The zero-order valence-electron chi connectivity index (χ0n) is 16.8. The van der Waals surface area contributed by atoms with Gasteiger partial charge in [0.05, 0.1) is 22.9 Å². The summed E-state index contributed by atoms with van der Waals surface area (Å²) in [5.74, 6) is 0.489. The van der Waals surface area contributed by atoms with Gasteiger partial charge >= 0.3 is 0 Å². The highest BCUT2D eigenvalue weighted by Gasteiger charge is 2.27. The van der Waals surface area contributed by atoms with Crippen LogP contribution in [0.4, 0.5) is 0 Å². The van der Waals surface area contributed by atoms with Crippen LogP contribution in [0.25, 0.3) is 0 Å². The number of likely N-dealkylation sites (tertiary alicyclic amines) is 1. The minimum atomic E-state index is 0.0259. The monoisotopic (exact) mass is 429 g/mol. The molecule has 0 saturated carbocycles. The first-order valence-electron chi connectivity index (χ1n) is 10.4. The highest BCUT2D eigenvalue weighted by Crippen LogP contribution is 2.34. The molecule has 1 atom stereocenters. The van der Waals surface area contributed by atoms with Gasteiger partial charge in [0.25, 0.3) is 5.56 Å². The predicted octanol–water partition coefficient (Wildman–Crippen LogP) is 3.82. The Morgan fingerprint density at radius 1 is 1.17 bits per heavy atom. The van der Waals surface area contributed by atoms with Crippen LogP contribution >= 0.6 is 23.5 Å². The number of fused-ring (bicyclic) bond motifs is 1. The number of nitrogens with zero attached hydrogens (tertiary/aromatic N) is 3. The smallest absolute Gasteiger partial charge is 0.268 e. The van der Waals surface area contributed by atoms with Crippen molar-refractivity contribution in [2.45, 2.75) is 60.9 Å². The summed E-state index contributed by atoms with van der Waals surface area (Å²) in [7, 11) is 0. The van der Waals surface area contributed by atoms with Crippen LogP contribution in [0, 0.1) is 0 Å². The van der Waals surface area contributed by atoms with Crippen molar-refractivity contribution < 1.29 is 4.79 Å². The Morgan fingerprint density at radius 3 is 2.62 bits per heavy atom. The average Bonchev–Trinajstić information content (AvgIpc) is 2.92. The summed E-state index contributed by atoms with van der Waals surface area (Å²) in [6.45, 7) is 4.31. The number of rotatable bonds is 5. The van der Waals surface area contributed by atoms with Crippen molar-refractivity contribution >= 4 is 29.4 Å². The van der Waals surface area contributed by atoms with Gasteiger partial charge in [0.15, 0.2) is 5.16 Å². The van der Waals surface area contributed by atoms with Gasteiger partial charge in [0, 0.05) is 24.8 Å². The van der Waals surface area contributed by atoms with Crippen LogP contribution in [0.3, 0.4) is 0 Å². The van der Waals surface area contributed by atoms with Crippen LogP contribution in [0.2, 0.25) is 0 Å². The lowest BCUT2D eigenvalue weighted by Gasteiger charge is -2.20. The molecular formula is C22H27N3O2S2. The molecule has 1 fully saturated rings. The van der Waals surface area contributed by atoms with E-state index in [1.165, 1.54) is 24.6 Å². The third-order valence-electron chi connectivity index (χ3n) is 5.43. The van der Waals surface area contributed by atoms with E-state index in [9.17, 15) is 9.59 Å². The lowest BCUT2D eigenvalue weighted by molar-refractivity contribution is -0.128. The maximum absolute atomic E-state index is 13.2. The molecule has 0 radical (unpaired) electrons. The van der Waals surface area contributed by atoms with Crippen LogP contribution in [-0.4, -0.2) is 44.5 Å². The molecule has 1 aromatic heterocycles. The summed E-state index contributed by atoms with van der Waals surface area (Å²) in [6.07, 6.45) is 5.39. The molecule has 1 amide bonds. The van der Waals surface area contributed by atoms with E-state index in [1.807, 2.05) is 35.2 Å². The Labute approximate surface area is 180 Å². The van der Waals surface area contributed by atoms with Gasteiger partial charge in [-0.1, -0.05) is 61.9 Å². The van der Waals surface area contributed by atoms with Gasteiger partial charge in [-0.2, -0.15) is 0 Å². The lowest BCUT2D eigenvalue weighted by atomic mass is 10.2. The van der Waals surface area contributed by atoms with Gasteiger partial charge in [0.1, 0.15) is 0 Å². The molecule has 1 aromatic carbocycles. The Bertz CT molecular complexity index is 922. The van der Waals surface area contributed by atoms with Crippen LogP contribution in [0.15, 0.2) is 45.2 Å². The van der Waals surface area contributed by atoms with E-state index in [-0.39, 0.29) is 11.5 Å². The number of carbonyl (C=O) groups is 1. The summed E-state index contributed by atoms with van der Waals surface area (Å²) < 4.78 is 1.75. The van der Waals surface area contributed by atoms with E-state index in [4.69, 9.17) is 4.98 Å². The summed E-state index contributed by atoms with van der Waals surface area (Å²) in [5, 5.41) is 1.03. The van der Waals surface area contributed by atoms with E-state index in [0.717, 1.165) is 48.5 Å². The molecule has 2 aliphatic heterocycles. The highest BCUT2D eigenvalue weighted by atomic mass is 32.2. The molecule has 1 saturated heterocycles. The molecule has 0 spiro atoms. The first-order chi connectivity index (χ1) is 14.1. The Kier molecular flexibility index (Phi) is 6.65. The maximum atomic E-state index is 13.2. The van der Waals surface area contributed by atoms with Crippen molar-refractivity contribution in [1.29, 1.82) is 0 Å². The van der Waals surface area contributed by atoms with Crippen LogP contribution < -0.4 is 5.56 Å². The number of amides is 1. The lowest BCUT2D eigenvalue weighted by Crippen LogP contribution is -2.33. The normalized spacial score (nSPS) is 19.1. The van der Waals surface area contributed by atoms with Gasteiger partial charge in [-0.25, -0.2) is 4.98 Å². The van der Waals surface area contributed by atoms with E-state index in [1.54, 1.807) is 16.3 Å². The molecule has 0 aliphatic carbocycles. The maximum Gasteiger partial charge on any atom is 0.268 e. The fourth-order valence-corrected chi connectivity index (χ4v) is 5.92. The van der Waals surface area contributed by atoms with Gasteiger partial charge in [-0.05, 0) is 18.4 Å². The second-order valence-electron chi connectivity index (χ2n) is 7.76. The molecule has 154 valence electrons. The Hall–Kier alpha value is -1.73. The molecule has 4 rings (SSSR count). The second-order valence-corrected chi connectivity index (χ2v) is 10.2. The third-order valence-corrected chi connectivity index (χ3v) is 7.61. The number of benzene rings is 1. The summed E-state index contributed by atoms with van der Waals surface area (Å²) >= 11 is 3.03. The summed E-state index contributed by atoms with van der Waals surface area (Å²) in [4.78, 5) is 33.5. The fraction of sp³-hybridized carbons (Fsp3) is 0.500. The van der Waals surface area contributed by atoms with E-state index < -0.39 is 0 Å². The Morgan fingerprint density at radius 2 is 1.90 bits per heavy atom. The van der Waals surface area contributed by atoms with Gasteiger partial charge < -0.3 is 4.90 Å². The molecule has 2 aliphatic rings. The van der Waals surface area contributed by atoms with E-state index in [0.29, 0.717) is 22.7 Å². The minimum Gasteiger partial charge on any atom is -0.342 e. The van der Waals surface area contributed by atoms with Crippen molar-refractivity contribution in [2.24, 2.45) is 0 Å². The first kappa shape index (κ1) is 20.5. The average molecular weight is 430 g/mol. The van der Waals surface area contributed by atoms with E-state index >= 15 is 0 Å². The minimum absolute atomic E-state index is 0.0259. The van der Waals surface area contributed by atoms with Crippen molar-refractivity contribution in [3.05, 3.63) is 51.9 Å². The molecule has 7 heteroatoms. The molecule has 1 unspecified atom stereocenters. The van der Waals surface area contributed by atoms with E-state index in [2.05, 4.69) is 6.92 Å². The number of carbonyl (C=O) groups excluding carboxylic acids is 1. The topological polar surface area (TPSA) is 55.2 Å². The van der Waals surface area contributed by atoms with Crippen molar-refractivity contribution in [3.8, 4) is 0 Å². The van der Waals surface area contributed by atoms with Crippen LogP contribution in [0.5, 0.6) is 0 Å². The highest BCUT2D eigenvalue weighted by molar-refractivity contribution is 8.00. The zero-order chi connectivity index (χ0) is 20.2. The van der Waals surface area contributed by atoms with Crippen molar-refractivity contribution in [1.82, 2.24) is 14.5 Å². The summed E-state index contributed by atoms with van der Waals surface area (Å²) in [6, 6.07) is 9.97. The predicted molar refractivity (Wildman–Crippen MR) is 119 cm³/mol. The second kappa shape index (κ2) is 9.39. The third kappa shape index (κ3) is 4.89. The number of thioether (sulfide) groups is 2. The van der Waals surface area contributed by atoms with Gasteiger partial charge in [-0.3, -0.25) is 14.2 Å². The molecule has 2 aromatic rings. The standard InChI is InChI=1S/C22H27N3O2S2/c1-16-13-18-20(29-16)21(27)25(14-17-9-5-4-6-10-17)22(23-18)28-15-19(26)24-11-7-2-3-8-12-24/h4-6,9-10,16H,2-3,7-8,11-15H2,1H3. The number of hydrogen-bond donors (Lipinski definition) is 0. The van der Waals surface area contributed by atoms with Crippen molar-refractivity contribution in [2.75, 3.05) is 18.8 Å². The molecular weight excluding hydrogens is 402 g/mol. The fourth-order valence-electron chi connectivity index (χ4n) is 3.88. The van der Waals surface area contributed by atoms with Gasteiger partial charge in [-0.15, -0.1) is 11.8 Å². The van der Waals surface area contributed by atoms with Gasteiger partial charge in [0.2, 0.25) is 5.91 Å². The SMILES string of the molecule is CC1Cc2nc(SCC(=O)N3CCCCCC3)n(Cc3ccccc3)c(=O)c2S1. The van der Waals surface area contributed by atoms with Crippen LogP contribution in [-0.2, 0) is 17.8 Å². The Balaban J connectivity index is 1.57. The number of aromatic nitrogens is 2. The zero-order valence-corrected chi connectivity index (χ0v) is 18.4. The quantitative estimate of drug-likeness (QED) is 0.534. The molecule has 5 nitrogen and oxygen atoms in total. The summed E-state index contributed by atoms with van der Waals surface area (Å²) in [5.41, 5.74) is 1.98. The largest absolute Gasteiger partial charge is 0.342 e. The van der Waals surface area contributed by atoms with Crippen LogP contribution in [0.1, 0.15) is 43.9 Å². The molecule has 0 N–H and O–H groups in total. The van der Waals surface area contributed by atoms with Crippen molar-refractivity contribution in [3.63, 3.8) is 0 Å². The number of hydrogen-bond acceptors (Lipinski definition) is 5. The first-order valence-corrected chi connectivity index (χ1v) is 12.2.